The first-order valence-corrected chi connectivity index (χ1v) is 11.8. The van der Waals surface area contributed by atoms with Gasteiger partial charge >= 0.3 is 0 Å². The number of ether oxygens (including phenoxy) is 2. The number of benzene rings is 2. The Bertz CT molecular complexity index is 1620. The molecule has 5 aromatic rings. The number of rotatable bonds is 7. The molecule has 0 spiro atoms. The topological polar surface area (TPSA) is 115 Å². The smallest absolute Gasteiger partial charge is 0.251 e. The maximum atomic E-state index is 12.0. The fourth-order valence-electron chi connectivity index (χ4n) is 4.33. The molecule has 6 rings (SSSR count). The van der Waals surface area contributed by atoms with E-state index in [4.69, 9.17) is 23.9 Å². The molecule has 1 aliphatic carbocycles. The second kappa shape index (κ2) is 8.67. The Morgan fingerprint density at radius 1 is 1.17 bits per heavy atom. The Morgan fingerprint density at radius 2 is 2.03 bits per heavy atom. The third-order valence-corrected chi connectivity index (χ3v) is 6.28. The summed E-state index contributed by atoms with van der Waals surface area (Å²) in [4.78, 5) is 29.3. The number of hydrogen-bond donors (Lipinski definition) is 2. The summed E-state index contributed by atoms with van der Waals surface area (Å²) in [5.41, 5.74) is 5.55. The number of carbonyl (C=O) groups is 1. The van der Waals surface area contributed by atoms with Crippen LogP contribution in [0, 0.1) is 6.92 Å². The van der Waals surface area contributed by atoms with Gasteiger partial charge in [-0.1, -0.05) is 12.1 Å². The third kappa shape index (κ3) is 4.02. The minimum Gasteiger partial charge on any atom is -0.496 e. The van der Waals surface area contributed by atoms with Gasteiger partial charge in [0.15, 0.2) is 11.5 Å². The van der Waals surface area contributed by atoms with Crippen LogP contribution in [0.1, 0.15) is 40.5 Å². The average molecular weight is 484 g/mol. The van der Waals surface area contributed by atoms with E-state index in [1.165, 1.54) is 0 Å². The van der Waals surface area contributed by atoms with Crippen LogP contribution in [0.2, 0.25) is 0 Å². The summed E-state index contributed by atoms with van der Waals surface area (Å²) in [5.74, 6) is 2.22. The molecule has 3 aromatic heterocycles. The number of fused-ring (bicyclic) bond motifs is 2. The van der Waals surface area contributed by atoms with Crippen molar-refractivity contribution in [2.75, 3.05) is 14.2 Å². The van der Waals surface area contributed by atoms with Gasteiger partial charge < -0.3 is 24.2 Å². The molecule has 36 heavy (non-hydrogen) atoms. The maximum Gasteiger partial charge on any atom is 0.251 e. The molecule has 0 bridgehead atoms. The predicted octanol–water partition coefficient (Wildman–Crippen LogP) is 4.57. The van der Waals surface area contributed by atoms with E-state index in [0.29, 0.717) is 41.0 Å². The molecule has 0 unspecified atom stereocenters. The molecule has 1 amide bonds. The Kier molecular flexibility index (Phi) is 5.32. The van der Waals surface area contributed by atoms with Crippen LogP contribution in [0.25, 0.3) is 33.3 Å². The van der Waals surface area contributed by atoms with E-state index in [2.05, 4.69) is 15.3 Å². The van der Waals surface area contributed by atoms with E-state index in [-0.39, 0.29) is 12.0 Å². The highest BCUT2D eigenvalue weighted by molar-refractivity contribution is 5.98. The molecule has 3 heterocycles. The number of aromatic amines is 1. The lowest BCUT2D eigenvalue weighted by Gasteiger charge is -2.12. The molecule has 1 saturated carbocycles. The lowest BCUT2D eigenvalue weighted by Crippen LogP contribution is -2.17. The third-order valence-electron chi connectivity index (χ3n) is 6.28. The molecular weight excluding hydrogens is 458 g/mol. The van der Waals surface area contributed by atoms with Crippen molar-refractivity contribution in [1.29, 1.82) is 0 Å². The minimum absolute atomic E-state index is 0.166. The largest absolute Gasteiger partial charge is 0.496 e. The zero-order valence-corrected chi connectivity index (χ0v) is 20.2. The summed E-state index contributed by atoms with van der Waals surface area (Å²) >= 11 is 0. The number of amides is 1. The quantitative estimate of drug-likeness (QED) is 0.348. The molecule has 1 aliphatic rings. The van der Waals surface area contributed by atoms with Gasteiger partial charge in [-0.3, -0.25) is 4.79 Å². The molecule has 2 aromatic carbocycles. The number of hydrogen-bond acceptors (Lipinski definition) is 7. The summed E-state index contributed by atoms with van der Waals surface area (Å²) < 4.78 is 17.6. The highest BCUT2D eigenvalue weighted by Gasteiger charge is 2.27. The van der Waals surface area contributed by atoms with Crippen LogP contribution in [0.4, 0.5) is 0 Å². The summed E-state index contributed by atoms with van der Waals surface area (Å²) in [6.07, 6.45) is 4.54. The molecule has 2 N–H and O–H groups in total. The molecule has 0 radical (unpaired) electrons. The number of H-pyrrole nitrogens is 1. The van der Waals surface area contributed by atoms with Crippen LogP contribution >= 0.6 is 0 Å². The molecule has 1 fully saturated rings. The number of nitrogens with one attached hydrogen (secondary N) is 2. The highest BCUT2D eigenvalue weighted by atomic mass is 16.5. The van der Waals surface area contributed by atoms with Crippen LogP contribution in [0.5, 0.6) is 11.6 Å². The average Bonchev–Trinajstić information content (AvgIpc) is 3.46. The normalized spacial score (nSPS) is 13.3. The van der Waals surface area contributed by atoms with Gasteiger partial charge in [0.25, 0.3) is 5.91 Å². The zero-order chi connectivity index (χ0) is 24.8. The van der Waals surface area contributed by atoms with Crippen LogP contribution in [0.3, 0.4) is 0 Å². The molecule has 9 nitrogen and oxygen atoms in total. The van der Waals surface area contributed by atoms with Gasteiger partial charge in [-0.05, 0) is 42.7 Å². The van der Waals surface area contributed by atoms with Gasteiger partial charge in [0, 0.05) is 43.3 Å². The monoisotopic (exact) mass is 483 g/mol. The number of aromatic nitrogens is 4. The van der Waals surface area contributed by atoms with Gasteiger partial charge in [-0.25, -0.2) is 9.97 Å². The standard InChI is InChI=1S/C27H25N5O4/c1-14-30-20-9-6-15(10-22(20)35-14)19-13-29-25-24(19)27(36-18-7-8-18)32-23(31-25)12-16-4-5-17(26(33)28-2)11-21(16)34-3/h4-6,9-11,13,18H,7-8,12H2,1-3H3,(H,28,33)(H,29,31,32). The van der Waals surface area contributed by atoms with Crippen molar-refractivity contribution < 1.29 is 18.7 Å². The van der Waals surface area contributed by atoms with Crippen LogP contribution in [-0.2, 0) is 6.42 Å². The van der Waals surface area contributed by atoms with Gasteiger partial charge in [0.1, 0.15) is 28.8 Å². The first kappa shape index (κ1) is 22.1. The second-order valence-corrected chi connectivity index (χ2v) is 8.89. The number of nitrogens with zero attached hydrogens (tertiary/aromatic N) is 3. The first-order valence-electron chi connectivity index (χ1n) is 11.8. The molecular formula is C27H25N5O4. The van der Waals surface area contributed by atoms with Gasteiger partial charge in [-0.15, -0.1) is 0 Å². The number of oxazole rings is 1. The van der Waals surface area contributed by atoms with Crippen molar-refractivity contribution >= 4 is 28.0 Å². The van der Waals surface area contributed by atoms with Crippen molar-refractivity contribution in [3.63, 3.8) is 0 Å². The lowest BCUT2D eigenvalue weighted by molar-refractivity contribution is 0.0962. The number of aryl methyl sites for hydroxylation is 1. The van der Waals surface area contributed by atoms with Crippen molar-refractivity contribution in [3.8, 4) is 22.8 Å². The Morgan fingerprint density at radius 3 is 2.81 bits per heavy atom. The minimum atomic E-state index is -0.171. The summed E-state index contributed by atoms with van der Waals surface area (Å²) in [6.45, 7) is 1.84. The Labute approximate surface area is 206 Å². The summed E-state index contributed by atoms with van der Waals surface area (Å²) in [7, 11) is 3.19. The first-order chi connectivity index (χ1) is 17.5. The highest BCUT2D eigenvalue weighted by Crippen LogP contribution is 2.38. The van der Waals surface area contributed by atoms with Gasteiger partial charge in [0.05, 0.1) is 12.5 Å². The number of methoxy groups -OCH3 is 1. The number of carbonyl (C=O) groups excluding carboxylic acids is 1. The molecule has 182 valence electrons. The molecule has 0 aliphatic heterocycles. The fraction of sp³-hybridized carbons (Fsp3) is 0.259. The van der Waals surface area contributed by atoms with Crippen LogP contribution in [-0.4, -0.2) is 46.1 Å². The molecule has 9 heteroatoms. The Hall–Kier alpha value is -4.40. The van der Waals surface area contributed by atoms with Crippen molar-refractivity contribution in [2.24, 2.45) is 0 Å². The summed E-state index contributed by atoms with van der Waals surface area (Å²) in [5, 5.41) is 3.47. The SMILES string of the molecule is CNC(=O)c1ccc(Cc2nc(OC3CC3)c3c(-c4ccc5nc(C)oc5c4)c[nH]c3n2)c(OC)c1. The van der Waals surface area contributed by atoms with Crippen molar-refractivity contribution in [3.05, 3.63) is 65.4 Å². The second-order valence-electron chi connectivity index (χ2n) is 8.89. The van der Waals surface area contributed by atoms with Crippen LogP contribution in [0.15, 0.2) is 47.0 Å². The molecule has 0 atom stereocenters. The lowest BCUT2D eigenvalue weighted by atomic mass is 10.1. The van der Waals surface area contributed by atoms with Crippen LogP contribution < -0.4 is 14.8 Å². The van der Waals surface area contributed by atoms with E-state index in [1.54, 1.807) is 26.3 Å². The molecule has 0 saturated heterocycles. The van der Waals surface area contributed by atoms with Crippen molar-refractivity contribution in [2.45, 2.75) is 32.3 Å². The Balaban J connectivity index is 1.41. The van der Waals surface area contributed by atoms with E-state index < -0.39 is 0 Å². The summed E-state index contributed by atoms with van der Waals surface area (Å²) in [6, 6.07) is 11.3. The van der Waals surface area contributed by atoms with E-state index in [0.717, 1.165) is 46.0 Å². The maximum absolute atomic E-state index is 12.0. The predicted molar refractivity (Wildman–Crippen MR) is 134 cm³/mol. The van der Waals surface area contributed by atoms with Gasteiger partial charge in [-0.2, -0.15) is 4.98 Å². The van der Waals surface area contributed by atoms with Crippen molar-refractivity contribution in [1.82, 2.24) is 25.3 Å². The zero-order valence-electron chi connectivity index (χ0n) is 20.2. The van der Waals surface area contributed by atoms with Gasteiger partial charge in [0.2, 0.25) is 5.88 Å². The fourth-order valence-corrected chi connectivity index (χ4v) is 4.33. The van der Waals surface area contributed by atoms with E-state index >= 15 is 0 Å². The van der Waals surface area contributed by atoms with E-state index in [1.807, 2.05) is 37.4 Å². The van der Waals surface area contributed by atoms with E-state index in [9.17, 15) is 4.79 Å².